The normalized spacial score (nSPS) is 12.3. The van der Waals surface area contributed by atoms with E-state index in [9.17, 15) is 27.2 Å². The van der Waals surface area contributed by atoms with Crippen molar-refractivity contribution in [1.82, 2.24) is 0 Å². The molecule has 0 atom stereocenters. The number of benzene rings is 4. The van der Waals surface area contributed by atoms with Crippen LogP contribution in [0.3, 0.4) is 0 Å². The Bertz CT molecular complexity index is 1770. The average molecular weight is 783 g/mol. The van der Waals surface area contributed by atoms with E-state index in [1.807, 2.05) is 97.1 Å². The molecule has 0 spiro atoms. The number of rotatable bonds is 6. The Labute approximate surface area is 338 Å². The number of nitrogens with zero attached hydrogens (tertiary/aromatic N) is 2. The molecule has 4 aromatic carbocycles. The summed E-state index contributed by atoms with van der Waals surface area (Å²) in [4.78, 5) is 28.0. The van der Waals surface area contributed by atoms with Crippen LogP contribution >= 0.6 is 0 Å². The van der Waals surface area contributed by atoms with Crippen LogP contribution in [0.1, 0.15) is 65.5 Å². The number of carbonyl (C=O) groups excluding carboxylic acids is 2. The number of allylic oxidation sites excluding steroid dienone is 8. The standard InChI is InChI=1S/2C18H18F2NO.2C5H5.Ti/c2*1-18(2,3)17(22)21(12-13-7-5-4-6-8-13)16-10-9-14(19)11-15(16)20;2*1-2-4-5-3-1;/h2*4-10H,12H2,1-3H3;2*1-3H,4H2;/q4*-1;+4. The van der Waals surface area contributed by atoms with Gasteiger partial charge in [-0.25, -0.2) is 41.9 Å². The van der Waals surface area contributed by atoms with Crippen molar-refractivity contribution >= 4 is 23.2 Å². The minimum absolute atomic E-state index is 0. The molecule has 6 rings (SSSR count). The van der Waals surface area contributed by atoms with Gasteiger partial charge in [0.25, 0.3) is 0 Å². The van der Waals surface area contributed by atoms with E-state index in [1.54, 1.807) is 41.5 Å². The van der Waals surface area contributed by atoms with Crippen LogP contribution in [0.4, 0.5) is 28.9 Å². The van der Waals surface area contributed by atoms with E-state index in [0.29, 0.717) is 0 Å². The molecular formula is C46H46F4N2O2Ti. The first-order valence-corrected chi connectivity index (χ1v) is 17.5. The van der Waals surface area contributed by atoms with Crippen LogP contribution in [-0.4, -0.2) is 11.8 Å². The predicted molar refractivity (Wildman–Crippen MR) is 208 cm³/mol. The van der Waals surface area contributed by atoms with Crippen molar-refractivity contribution in [3.05, 3.63) is 180 Å². The van der Waals surface area contributed by atoms with Crippen molar-refractivity contribution in [2.75, 3.05) is 9.80 Å². The first-order valence-electron chi connectivity index (χ1n) is 17.5. The summed E-state index contributed by atoms with van der Waals surface area (Å²) in [5, 5.41) is 0. The Kier molecular flexibility index (Phi) is 19.0. The van der Waals surface area contributed by atoms with Gasteiger partial charge in [0, 0.05) is 47.2 Å². The SMILES string of the molecule is CC(C)(C)C(=O)N(Cc1ccccc1)c1ccc(F)[c-]c1F.CC(C)(C)C(=O)N(Cc1ccccc1)c1ccc(F)[c-]c1F.[C-]1=CC=CC1.[C-]1=CC=CC1.[Ti+4]. The van der Waals surface area contributed by atoms with Gasteiger partial charge in [0.15, 0.2) is 0 Å². The zero-order valence-electron chi connectivity index (χ0n) is 32.1. The molecule has 2 aliphatic rings. The number of hydrogen-bond acceptors (Lipinski definition) is 2. The van der Waals surface area contributed by atoms with Crippen LogP contribution < -0.4 is 9.80 Å². The van der Waals surface area contributed by atoms with Crippen molar-refractivity contribution in [2.24, 2.45) is 10.8 Å². The second kappa shape index (κ2) is 22.6. The van der Waals surface area contributed by atoms with E-state index in [2.05, 4.69) is 24.3 Å². The molecule has 4 nitrogen and oxygen atoms in total. The molecule has 0 saturated carbocycles. The second-order valence-electron chi connectivity index (χ2n) is 14.3. The van der Waals surface area contributed by atoms with Crippen molar-refractivity contribution < 1.29 is 48.9 Å². The number of anilines is 2. The number of hydrogen-bond donors (Lipinski definition) is 0. The van der Waals surface area contributed by atoms with Crippen LogP contribution in [-0.2, 0) is 44.4 Å². The van der Waals surface area contributed by atoms with Gasteiger partial charge >= 0.3 is 21.7 Å². The monoisotopic (exact) mass is 782 g/mol. The zero-order valence-corrected chi connectivity index (χ0v) is 33.7. The molecule has 284 valence electrons. The van der Waals surface area contributed by atoms with E-state index in [0.717, 1.165) is 36.1 Å². The summed E-state index contributed by atoms with van der Waals surface area (Å²) in [7, 11) is 0. The molecular weight excluding hydrogens is 736 g/mol. The molecule has 0 bridgehead atoms. The smallest absolute Gasteiger partial charge is 0.359 e. The van der Waals surface area contributed by atoms with Crippen LogP contribution in [0.25, 0.3) is 0 Å². The molecule has 0 N–H and O–H groups in total. The molecule has 0 aliphatic heterocycles. The summed E-state index contributed by atoms with van der Waals surface area (Å²) in [5.41, 5.74) is 0.425. The Hall–Kier alpha value is -4.79. The first kappa shape index (κ1) is 46.4. The Balaban J connectivity index is 0.000000298. The van der Waals surface area contributed by atoms with Gasteiger partial charge in [-0.05, 0) is 22.5 Å². The topological polar surface area (TPSA) is 40.6 Å². The third kappa shape index (κ3) is 15.8. The summed E-state index contributed by atoms with van der Waals surface area (Å²) in [5.74, 6) is -3.79. The summed E-state index contributed by atoms with van der Waals surface area (Å²) in [6.45, 7) is 11.0. The van der Waals surface area contributed by atoms with E-state index in [-0.39, 0.29) is 58.0 Å². The molecule has 0 heterocycles. The maximum Gasteiger partial charge on any atom is 4.00 e. The molecule has 0 fully saturated rings. The first-order chi connectivity index (χ1) is 25.6. The fourth-order valence-electron chi connectivity index (χ4n) is 4.84. The number of carbonyl (C=O) groups is 2. The van der Waals surface area contributed by atoms with E-state index in [1.165, 1.54) is 21.9 Å². The summed E-state index contributed by atoms with van der Waals surface area (Å²) in [6, 6.07) is 27.3. The molecule has 0 unspecified atom stereocenters. The largest absolute Gasteiger partial charge is 4.00 e. The van der Waals surface area contributed by atoms with Gasteiger partial charge in [-0.3, -0.25) is 21.7 Å². The van der Waals surface area contributed by atoms with Crippen LogP contribution in [0.15, 0.2) is 121 Å². The third-order valence-electron chi connectivity index (χ3n) is 7.58. The maximum absolute atomic E-state index is 14.1. The van der Waals surface area contributed by atoms with E-state index >= 15 is 0 Å². The van der Waals surface area contributed by atoms with Gasteiger partial charge in [0.1, 0.15) is 0 Å². The molecule has 0 saturated heterocycles. The van der Waals surface area contributed by atoms with Gasteiger partial charge < -0.3 is 9.80 Å². The Morgan fingerprint density at radius 2 is 0.909 bits per heavy atom. The second-order valence-corrected chi connectivity index (χ2v) is 14.3. The van der Waals surface area contributed by atoms with Crippen LogP contribution in [0.2, 0.25) is 0 Å². The molecule has 0 radical (unpaired) electrons. The fourth-order valence-corrected chi connectivity index (χ4v) is 4.84. The fraction of sp³-hybridized carbons (Fsp3) is 0.261. The summed E-state index contributed by atoms with van der Waals surface area (Å²) < 4.78 is 54.3. The van der Waals surface area contributed by atoms with Crippen molar-refractivity contribution in [3.63, 3.8) is 0 Å². The molecule has 0 aromatic heterocycles. The minimum atomic E-state index is -0.867. The van der Waals surface area contributed by atoms with Gasteiger partial charge in [-0.15, -0.1) is 49.2 Å². The van der Waals surface area contributed by atoms with Gasteiger partial charge in [-0.1, -0.05) is 102 Å². The number of amides is 2. The van der Waals surface area contributed by atoms with E-state index < -0.39 is 34.1 Å². The van der Waals surface area contributed by atoms with Crippen LogP contribution in [0.5, 0.6) is 0 Å². The zero-order chi connectivity index (χ0) is 39.7. The molecule has 55 heavy (non-hydrogen) atoms. The van der Waals surface area contributed by atoms with Crippen molar-refractivity contribution in [2.45, 2.75) is 67.5 Å². The molecule has 2 aliphatic carbocycles. The molecule has 2 amide bonds. The number of halogens is 4. The van der Waals surface area contributed by atoms with Gasteiger partial charge in [0.2, 0.25) is 11.8 Å². The van der Waals surface area contributed by atoms with Crippen molar-refractivity contribution in [1.29, 1.82) is 0 Å². The Morgan fingerprint density at radius 1 is 0.564 bits per heavy atom. The average Bonchev–Trinajstić information content (AvgIpc) is 3.91. The third-order valence-corrected chi connectivity index (χ3v) is 7.58. The van der Waals surface area contributed by atoms with Gasteiger partial charge in [0.05, 0.1) is 0 Å². The Morgan fingerprint density at radius 3 is 1.15 bits per heavy atom. The maximum atomic E-state index is 14.1. The van der Waals surface area contributed by atoms with Gasteiger partial charge in [-0.2, -0.15) is 12.2 Å². The van der Waals surface area contributed by atoms with E-state index in [4.69, 9.17) is 0 Å². The summed E-state index contributed by atoms with van der Waals surface area (Å²) >= 11 is 0. The predicted octanol–water partition coefficient (Wildman–Crippen LogP) is 11.3. The molecule has 9 heteroatoms. The van der Waals surface area contributed by atoms with Crippen LogP contribution in [0, 0.1) is 58.4 Å². The molecule has 4 aromatic rings. The quantitative estimate of drug-likeness (QED) is 0.111. The van der Waals surface area contributed by atoms with Crippen molar-refractivity contribution in [3.8, 4) is 0 Å². The summed E-state index contributed by atoms with van der Waals surface area (Å²) in [6.07, 6.45) is 20.0. The minimum Gasteiger partial charge on any atom is -0.359 e.